The van der Waals surface area contributed by atoms with Gasteiger partial charge in [0.15, 0.2) is 0 Å². The summed E-state index contributed by atoms with van der Waals surface area (Å²) in [4.78, 5) is 9.59. The molecule has 0 aromatic rings. The lowest BCUT2D eigenvalue weighted by Crippen LogP contribution is -2.22. The molecule has 0 heterocycles. The molecule has 0 aromatic carbocycles. The molecule has 0 unspecified atom stereocenters. The number of carbonyl (C=O) groups excluding carboxylic acids is 1. The van der Waals surface area contributed by atoms with Gasteiger partial charge in [0, 0.05) is 5.97 Å². The highest BCUT2D eigenvalue weighted by Gasteiger charge is 1.80. The smallest absolute Gasteiger partial charge is 0.0414 e. The molecule has 0 radical (unpaired) electrons. The first-order valence-electron chi connectivity index (χ1n) is 2.17. The fourth-order valence-corrected chi connectivity index (χ4v) is 0.246. The Bertz CT molecular complexity index is 62.7. The number of rotatable bonds is 3. The summed E-state index contributed by atoms with van der Waals surface area (Å²) < 4.78 is 0. The molecule has 0 spiro atoms. The molecule has 0 aliphatic rings. The number of carboxylic acid groups (broad SMARTS) is 1. The van der Waals surface area contributed by atoms with Crippen molar-refractivity contribution in [3.8, 4) is 0 Å². The highest BCUT2D eigenvalue weighted by molar-refractivity contribution is 5.64. The van der Waals surface area contributed by atoms with Gasteiger partial charge in [0.25, 0.3) is 0 Å². The van der Waals surface area contributed by atoms with Gasteiger partial charge in [0.1, 0.15) is 0 Å². The summed E-state index contributed by atoms with van der Waals surface area (Å²) in [5.41, 5.74) is 4.99. The van der Waals surface area contributed by atoms with Crippen LogP contribution in [0.15, 0.2) is 0 Å². The lowest BCUT2D eigenvalue weighted by molar-refractivity contribution is -0.305. The van der Waals surface area contributed by atoms with Crippen molar-refractivity contribution >= 4 is 5.97 Å². The third-order valence-corrected chi connectivity index (χ3v) is 0.585. The van der Waals surface area contributed by atoms with Gasteiger partial charge in [-0.3, -0.25) is 0 Å². The van der Waals surface area contributed by atoms with Crippen LogP contribution in [0.3, 0.4) is 0 Å². The van der Waals surface area contributed by atoms with Crippen molar-refractivity contribution in [1.29, 1.82) is 0 Å². The molecular weight excluding hydrogens is 94.0 g/mol. The maximum Gasteiger partial charge on any atom is 0.0414 e. The van der Waals surface area contributed by atoms with Gasteiger partial charge in [0.05, 0.1) is 0 Å². The van der Waals surface area contributed by atoms with Gasteiger partial charge in [-0.25, -0.2) is 0 Å². The van der Waals surface area contributed by atoms with Gasteiger partial charge in [-0.15, -0.1) is 0 Å². The first-order chi connectivity index (χ1) is 3.27. The van der Waals surface area contributed by atoms with Crippen molar-refractivity contribution in [3.63, 3.8) is 0 Å². The second-order valence-electron chi connectivity index (χ2n) is 1.26. The van der Waals surface area contributed by atoms with E-state index in [1.165, 1.54) is 0 Å². The van der Waals surface area contributed by atoms with E-state index in [4.69, 9.17) is 5.73 Å². The van der Waals surface area contributed by atoms with E-state index >= 15 is 0 Å². The maximum atomic E-state index is 9.59. The monoisotopic (exact) mass is 102 g/mol. The molecule has 0 saturated heterocycles. The Kier molecular flexibility index (Phi) is 3.32. The molecule has 7 heavy (non-hydrogen) atoms. The third kappa shape index (κ3) is 5.43. The van der Waals surface area contributed by atoms with Gasteiger partial charge < -0.3 is 15.6 Å². The average molecular weight is 102 g/mol. The lowest BCUT2D eigenvalue weighted by Gasteiger charge is -1.95. The van der Waals surface area contributed by atoms with E-state index < -0.39 is 5.97 Å². The third-order valence-electron chi connectivity index (χ3n) is 0.585. The Morgan fingerprint density at radius 3 is 2.43 bits per heavy atom. The van der Waals surface area contributed by atoms with Crippen molar-refractivity contribution in [2.24, 2.45) is 5.73 Å². The quantitative estimate of drug-likeness (QED) is 0.470. The minimum atomic E-state index is -1.02. The molecule has 3 heteroatoms. The second-order valence-corrected chi connectivity index (χ2v) is 1.26. The summed E-state index contributed by atoms with van der Waals surface area (Å²) in [6, 6.07) is 0. The van der Waals surface area contributed by atoms with Gasteiger partial charge in [-0.05, 0) is 19.4 Å². The minimum Gasteiger partial charge on any atom is -0.550 e. The summed E-state index contributed by atoms with van der Waals surface area (Å²) in [6.45, 7) is 0.425. The van der Waals surface area contributed by atoms with Crippen molar-refractivity contribution in [3.05, 3.63) is 0 Å². The number of aliphatic carboxylic acids is 1. The molecule has 0 aliphatic heterocycles. The Balaban J connectivity index is 2.82. The van der Waals surface area contributed by atoms with Crippen molar-refractivity contribution in [2.45, 2.75) is 12.8 Å². The average Bonchev–Trinajstić information content (AvgIpc) is 1.61. The first kappa shape index (κ1) is 6.43. The molecule has 0 saturated carbocycles. The van der Waals surface area contributed by atoms with E-state index in [-0.39, 0.29) is 6.42 Å². The minimum absolute atomic E-state index is 0.0799. The fraction of sp³-hybridized carbons (Fsp3) is 0.750. The number of hydrogen-bond donors (Lipinski definition) is 1. The highest BCUT2D eigenvalue weighted by atomic mass is 16.4. The first-order valence-corrected chi connectivity index (χ1v) is 2.17. The van der Waals surface area contributed by atoms with E-state index in [9.17, 15) is 9.90 Å². The van der Waals surface area contributed by atoms with Crippen molar-refractivity contribution in [2.75, 3.05) is 6.54 Å². The van der Waals surface area contributed by atoms with Gasteiger partial charge in [-0.2, -0.15) is 0 Å². The van der Waals surface area contributed by atoms with E-state index in [2.05, 4.69) is 0 Å². The van der Waals surface area contributed by atoms with Crippen molar-refractivity contribution < 1.29 is 9.90 Å². The summed E-state index contributed by atoms with van der Waals surface area (Å²) in [6.07, 6.45) is 0.596. The second kappa shape index (κ2) is 3.61. The van der Waals surface area contributed by atoms with E-state index in [1.54, 1.807) is 0 Å². The number of carboxylic acids is 1. The predicted octanol–water partition coefficient (Wildman–Crippen LogP) is -1.52. The Labute approximate surface area is 42.1 Å². The van der Waals surface area contributed by atoms with Crippen LogP contribution in [0.25, 0.3) is 0 Å². The largest absolute Gasteiger partial charge is 0.550 e. The standard InChI is InChI=1S/C4H9NO2/c5-3-1-2-4(6)7/h1-3,5H2,(H,6,7)/p-1. The van der Waals surface area contributed by atoms with Crippen LogP contribution in [0, 0.1) is 0 Å². The van der Waals surface area contributed by atoms with Crippen LogP contribution in [-0.4, -0.2) is 12.5 Å². The molecule has 0 bridgehead atoms. The highest BCUT2D eigenvalue weighted by Crippen LogP contribution is 1.79. The Morgan fingerprint density at radius 2 is 2.29 bits per heavy atom. The van der Waals surface area contributed by atoms with E-state index in [1.807, 2.05) is 0 Å². The maximum absolute atomic E-state index is 9.59. The predicted molar refractivity (Wildman–Crippen MR) is 23.3 cm³/mol. The molecule has 2 N–H and O–H groups in total. The van der Waals surface area contributed by atoms with Crippen LogP contribution in [0.1, 0.15) is 12.8 Å². The molecule has 0 aliphatic carbocycles. The number of hydrogen-bond acceptors (Lipinski definition) is 3. The zero-order valence-electron chi connectivity index (χ0n) is 4.02. The molecule has 42 valence electrons. The number of carbonyl (C=O) groups is 1. The topological polar surface area (TPSA) is 66.2 Å². The van der Waals surface area contributed by atoms with Gasteiger partial charge in [-0.1, -0.05) is 0 Å². The number of nitrogens with two attached hydrogens (primary N) is 1. The molecular formula is C4H8NO2-. The van der Waals surface area contributed by atoms with Crippen LogP contribution >= 0.6 is 0 Å². The zero-order chi connectivity index (χ0) is 5.70. The Hall–Kier alpha value is -0.570. The van der Waals surface area contributed by atoms with Gasteiger partial charge >= 0.3 is 0 Å². The van der Waals surface area contributed by atoms with Crippen molar-refractivity contribution in [1.82, 2.24) is 0 Å². The van der Waals surface area contributed by atoms with Crippen LogP contribution in [-0.2, 0) is 4.79 Å². The van der Waals surface area contributed by atoms with Crippen LogP contribution in [0.4, 0.5) is 0 Å². The van der Waals surface area contributed by atoms with E-state index in [0.717, 1.165) is 0 Å². The van der Waals surface area contributed by atoms with E-state index in [0.29, 0.717) is 13.0 Å². The zero-order valence-corrected chi connectivity index (χ0v) is 4.02. The Morgan fingerprint density at radius 1 is 1.71 bits per heavy atom. The molecule has 0 fully saturated rings. The van der Waals surface area contributed by atoms with Crippen LogP contribution in [0.2, 0.25) is 0 Å². The summed E-state index contributed by atoms with van der Waals surface area (Å²) >= 11 is 0. The molecule has 0 aromatic heterocycles. The molecule has 3 nitrogen and oxygen atoms in total. The van der Waals surface area contributed by atoms with Crippen LogP contribution in [0.5, 0.6) is 0 Å². The normalized spacial score (nSPS) is 8.71. The SMILES string of the molecule is NCCCC(=O)[O-]. The molecule has 0 atom stereocenters. The molecule has 0 rings (SSSR count). The van der Waals surface area contributed by atoms with Crippen LogP contribution < -0.4 is 10.8 Å². The summed E-state index contributed by atoms with van der Waals surface area (Å²) in [7, 11) is 0. The molecule has 0 amide bonds. The fourth-order valence-electron chi connectivity index (χ4n) is 0.246. The summed E-state index contributed by atoms with van der Waals surface area (Å²) in [5, 5.41) is 9.59. The van der Waals surface area contributed by atoms with Gasteiger partial charge in [0.2, 0.25) is 0 Å². The lowest BCUT2D eigenvalue weighted by atomic mass is 10.3. The summed E-state index contributed by atoms with van der Waals surface area (Å²) in [5.74, 6) is -1.02.